The van der Waals surface area contributed by atoms with Crippen LogP contribution in [0.3, 0.4) is 0 Å². The number of aromatic nitrogens is 2. The molecule has 1 aromatic heterocycles. The molecular formula is C9H11N3O. The average molecular weight is 177 g/mol. The van der Waals surface area contributed by atoms with Crippen LogP contribution < -0.4 is 5.32 Å². The van der Waals surface area contributed by atoms with Crippen LogP contribution in [0.25, 0.3) is 0 Å². The van der Waals surface area contributed by atoms with Crippen molar-refractivity contribution in [3.63, 3.8) is 0 Å². The highest BCUT2D eigenvalue weighted by atomic mass is 16.1. The first-order valence-electron chi connectivity index (χ1n) is 4.44. The molecule has 1 amide bonds. The van der Waals surface area contributed by atoms with Crippen LogP contribution in [0.2, 0.25) is 0 Å². The first-order chi connectivity index (χ1) is 6.29. The second kappa shape index (κ2) is 3.12. The molecule has 0 atom stereocenters. The zero-order valence-electron chi connectivity index (χ0n) is 7.50. The van der Waals surface area contributed by atoms with E-state index >= 15 is 0 Å². The zero-order valence-corrected chi connectivity index (χ0v) is 7.50. The third-order valence-corrected chi connectivity index (χ3v) is 2.11. The van der Waals surface area contributed by atoms with Gasteiger partial charge in [0.05, 0.1) is 0 Å². The maximum absolute atomic E-state index is 11.1. The molecular weight excluding hydrogens is 166 g/mol. The van der Waals surface area contributed by atoms with Crippen LogP contribution in [0, 0.1) is 0 Å². The summed E-state index contributed by atoms with van der Waals surface area (Å²) >= 11 is 0. The molecule has 4 nitrogen and oxygen atoms in total. The van der Waals surface area contributed by atoms with Gasteiger partial charge in [0, 0.05) is 24.6 Å². The van der Waals surface area contributed by atoms with Crippen LogP contribution in [-0.2, 0) is 17.6 Å². The lowest BCUT2D eigenvalue weighted by molar-refractivity contribution is -0.116. The van der Waals surface area contributed by atoms with Crippen molar-refractivity contribution in [2.45, 2.75) is 26.2 Å². The number of fused-ring (bicyclic) bond motifs is 1. The molecule has 2 heterocycles. The molecule has 0 aliphatic carbocycles. The van der Waals surface area contributed by atoms with Crippen molar-refractivity contribution in [1.29, 1.82) is 0 Å². The highest BCUT2D eigenvalue weighted by Gasteiger charge is 2.16. The molecule has 1 N–H and O–H groups in total. The first kappa shape index (κ1) is 8.16. The highest BCUT2D eigenvalue weighted by molar-refractivity contribution is 5.92. The number of carbonyl (C=O) groups excluding carboxylic acids is 1. The number of hydrogen-bond acceptors (Lipinski definition) is 3. The first-order valence-corrected chi connectivity index (χ1v) is 4.44. The molecule has 1 aliphatic heterocycles. The smallest absolute Gasteiger partial charge is 0.225 e. The minimum Gasteiger partial charge on any atom is -0.310 e. The third-order valence-electron chi connectivity index (χ3n) is 2.11. The lowest BCUT2D eigenvalue weighted by Crippen LogP contribution is -2.21. The molecule has 0 radical (unpaired) electrons. The molecule has 0 unspecified atom stereocenters. The van der Waals surface area contributed by atoms with E-state index in [0.29, 0.717) is 12.2 Å². The molecule has 0 saturated heterocycles. The Morgan fingerprint density at radius 3 is 3.15 bits per heavy atom. The summed E-state index contributed by atoms with van der Waals surface area (Å²) in [5, 5.41) is 2.74. The van der Waals surface area contributed by atoms with Gasteiger partial charge in [-0.05, 0) is 6.42 Å². The quantitative estimate of drug-likeness (QED) is 0.694. The number of rotatable bonds is 1. The van der Waals surface area contributed by atoms with Crippen LogP contribution in [0.5, 0.6) is 0 Å². The normalized spacial score (nSPS) is 15.0. The Kier molecular flexibility index (Phi) is 1.96. The number of anilines is 1. The summed E-state index contributed by atoms with van der Waals surface area (Å²) in [7, 11) is 0. The van der Waals surface area contributed by atoms with Crippen molar-refractivity contribution in [3.05, 3.63) is 17.6 Å². The van der Waals surface area contributed by atoms with Crippen LogP contribution >= 0.6 is 0 Å². The highest BCUT2D eigenvalue weighted by Crippen LogP contribution is 2.18. The van der Waals surface area contributed by atoms with Gasteiger partial charge in [0.15, 0.2) is 0 Å². The van der Waals surface area contributed by atoms with Gasteiger partial charge in [-0.25, -0.2) is 9.97 Å². The van der Waals surface area contributed by atoms with E-state index in [0.717, 1.165) is 24.2 Å². The molecule has 0 fully saturated rings. The van der Waals surface area contributed by atoms with Crippen molar-refractivity contribution in [2.24, 2.45) is 0 Å². The summed E-state index contributed by atoms with van der Waals surface area (Å²) in [6.45, 7) is 1.99. The molecule has 1 aliphatic rings. The lowest BCUT2D eigenvalue weighted by atomic mass is 10.1. The fourth-order valence-corrected chi connectivity index (χ4v) is 1.35. The Hall–Kier alpha value is -1.45. The number of hydrogen-bond donors (Lipinski definition) is 1. The monoisotopic (exact) mass is 177 g/mol. The van der Waals surface area contributed by atoms with Gasteiger partial charge >= 0.3 is 0 Å². The fraction of sp³-hybridized carbons (Fsp3) is 0.444. The van der Waals surface area contributed by atoms with Crippen molar-refractivity contribution >= 4 is 11.7 Å². The predicted molar refractivity (Wildman–Crippen MR) is 48.4 cm³/mol. The molecule has 2 rings (SSSR count). The summed E-state index contributed by atoms with van der Waals surface area (Å²) in [5.41, 5.74) is 1.04. The second-order valence-corrected chi connectivity index (χ2v) is 3.06. The van der Waals surface area contributed by atoms with Gasteiger partial charge in [0.2, 0.25) is 5.91 Å². The molecule has 4 heteroatoms. The summed E-state index contributed by atoms with van der Waals surface area (Å²) in [6.07, 6.45) is 3.90. The van der Waals surface area contributed by atoms with Crippen LogP contribution in [0.4, 0.5) is 5.82 Å². The third kappa shape index (κ3) is 1.52. The van der Waals surface area contributed by atoms with E-state index in [1.165, 1.54) is 0 Å². The Morgan fingerprint density at radius 1 is 1.54 bits per heavy atom. The van der Waals surface area contributed by atoms with Gasteiger partial charge in [-0.3, -0.25) is 4.79 Å². The number of carbonyl (C=O) groups is 1. The molecule has 0 aromatic carbocycles. The summed E-state index contributed by atoms with van der Waals surface area (Å²) in [6, 6.07) is 0. The molecule has 1 aromatic rings. The second-order valence-electron chi connectivity index (χ2n) is 3.06. The number of nitrogens with one attached hydrogen (secondary N) is 1. The Labute approximate surface area is 76.4 Å². The number of nitrogens with zero attached hydrogens (tertiary/aromatic N) is 2. The van der Waals surface area contributed by atoms with Crippen molar-refractivity contribution in [3.8, 4) is 0 Å². The van der Waals surface area contributed by atoms with E-state index in [4.69, 9.17) is 0 Å². The topological polar surface area (TPSA) is 54.9 Å². The van der Waals surface area contributed by atoms with Gasteiger partial charge in [0.25, 0.3) is 0 Å². The molecule has 13 heavy (non-hydrogen) atoms. The van der Waals surface area contributed by atoms with Gasteiger partial charge in [-0.1, -0.05) is 6.92 Å². The maximum Gasteiger partial charge on any atom is 0.225 e. The standard InChI is InChI=1S/C9H11N3O/c1-2-7-10-5-6-3-4-8(13)12-9(6)11-7/h5H,2-4H2,1H3,(H,10,11,12,13). The average Bonchev–Trinajstić information content (AvgIpc) is 2.16. The molecule has 68 valence electrons. The predicted octanol–water partition coefficient (Wildman–Crippen LogP) is 0.924. The van der Waals surface area contributed by atoms with Crippen LogP contribution in [0.15, 0.2) is 6.20 Å². The minimum atomic E-state index is 0.0493. The Bertz CT molecular complexity index is 349. The van der Waals surface area contributed by atoms with Gasteiger partial charge in [-0.15, -0.1) is 0 Å². The zero-order chi connectivity index (χ0) is 9.26. The van der Waals surface area contributed by atoms with Crippen LogP contribution in [-0.4, -0.2) is 15.9 Å². The fourth-order valence-electron chi connectivity index (χ4n) is 1.35. The van der Waals surface area contributed by atoms with Gasteiger partial charge in [0.1, 0.15) is 11.6 Å². The minimum absolute atomic E-state index is 0.0493. The van der Waals surface area contributed by atoms with Crippen molar-refractivity contribution in [2.75, 3.05) is 5.32 Å². The maximum atomic E-state index is 11.1. The van der Waals surface area contributed by atoms with Crippen molar-refractivity contribution in [1.82, 2.24) is 9.97 Å². The van der Waals surface area contributed by atoms with Crippen LogP contribution in [0.1, 0.15) is 24.7 Å². The SMILES string of the molecule is CCc1ncc2c(n1)NC(=O)CC2. The number of aryl methyl sites for hydroxylation is 2. The summed E-state index contributed by atoms with van der Waals surface area (Å²) in [4.78, 5) is 19.5. The summed E-state index contributed by atoms with van der Waals surface area (Å²) in [5.74, 6) is 1.53. The van der Waals surface area contributed by atoms with E-state index in [1.807, 2.05) is 6.92 Å². The van der Waals surface area contributed by atoms with Gasteiger partial charge < -0.3 is 5.32 Å². The molecule has 0 saturated carbocycles. The van der Waals surface area contributed by atoms with E-state index in [2.05, 4.69) is 15.3 Å². The van der Waals surface area contributed by atoms with E-state index in [1.54, 1.807) is 6.20 Å². The van der Waals surface area contributed by atoms with Crippen molar-refractivity contribution < 1.29 is 4.79 Å². The van der Waals surface area contributed by atoms with E-state index in [9.17, 15) is 4.79 Å². The Morgan fingerprint density at radius 2 is 2.38 bits per heavy atom. The van der Waals surface area contributed by atoms with E-state index < -0.39 is 0 Å². The van der Waals surface area contributed by atoms with Gasteiger partial charge in [-0.2, -0.15) is 0 Å². The molecule has 0 bridgehead atoms. The largest absolute Gasteiger partial charge is 0.310 e. The lowest BCUT2D eigenvalue weighted by Gasteiger charge is -2.15. The summed E-state index contributed by atoms with van der Waals surface area (Å²) < 4.78 is 0. The van der Waals surface area contributed by atoms with E-state index in [-0.39, 0.29) is 5.91 Å². The Balaban J connectivity index is 2.38. The molecule has 0 spiro atoms. The number of amides is 1.